The number of hydrogen-bond donors (Lipinski definition) is 0. The molecule has 3 rings (SSSR count). The third kappa shape index (κ3) is 3.60. The molecule has 2 atom stereocenters. The average Bonchev–Trinajstić information content (AvgIpc) is 3.05. The molecular weight excluding hydrogens is 346 g/mol. The molecular formula is C21H23NO5. The maximum Gasteiger partial charge on any atom is 0.311 e. The van der Waals surface area contributed by atoms with Crippen molar-refractivity contribution in [1.29, 1.82) is 0 Å². The lowest BCUT2D eigenvalue weighted by molar-refractivity contribution is -0.148. The Morgan fingerprint density at radius 3 is 2.41 bits per heavy atom. The van der Waals surface area contributed by atoms with Crippen LogP contribution in [0.15, 0.2) is 48.5 Å². The molecule has 6 heteroatoms. The normalized spacial score (nSPS) is 19.1. The second-order valence-corrected chi connectivity index (χ2v) is 6.22. The quantitative estimate of drug-likeness (QED) is 0.731. The van der Waals surface area contributed by atoms with E-state index in [4.69, 9.17) is 14.2 Å². The first kappa shape index (κ1) is 18.8. The number of rotatable bonds is 6. The van der Waals surface area contributed by atoms with Crippen molar-refractivity contribution in [2.75, 3.05) is 25.7 Å². The number of carbonyl (C=O) groups excluding carboxylic acids is 2. The number of methoxy groups -OCH3 is 2. The Balaban J connectivity index is 2.09. The molecule has 1 aliphatic rings. The topological polar surface area (TPSA) is 65.1 Å². The molecule has 0 aliphatic carbocycles. The van der Waals surface area contributed by atoms with Gasteiger partial charge in [0.1, 0.15) is 0 Å². The maximum atomic E-state index is 12.8. The smallest absolute Gasteiger partial charge is 0.311 e. The first-order chi connectivity index (χ1) is 13.1. The second kappa shape index (κ2) is 8.12. The van der Waals surface area contributed by atoms with Gasteiger partial charge < -0.3 is 19.1 Å². The van der Waals surface area contributed by atoms with Crippen molar-refractivity contribution in [2.45, 2.75) is 19.4 Å². The Kier molecular flexibility index (Phi) is 5.64. The van der Waals surface area contributed by atoms with Gasteiger partial charge in [0, 0.05) is 12.1 Å². The number of anilines is 1. The van der Waals surface area contributed by atoms with Crippen LogP contribution in [-0.4, -0.2) is 32.7 Å². The van der Waals surface area contributed by atoms with E-state index in [-0.39, 0.29) is 24.9 Å². The van der Waals surface area contributed by atoms with Crippen LogP contribution in [0.1, 0.15) is 24.9 Å². The molecule has 6 nitrogen and oxygen atoms in total. The zero-order valence-electron chi connectivity index (χ0n) is 15.7. The van der Waals surface area contributed by atoms with Gasteiger partial charge >= 0.3 is 5.97 Å². The Hall–Kier alpha value is -3.02. The van der Waals surface area contributed by atoms with Gasteiger partial charge in [-0.3, -0.25) is 9.59 Å². The highest BCUT2D eigenvalue weighted by atomic mass is 16.5. The zero-order chi connectivity index (χ0) is 19.4. The minimum Gasteiger partial charge on any atom is -0.493 e. The van der Waals surface area contributed by atoms with E-state index >= 15 is 0 Å². The van der Waals surface area contributed by atoms with Crippen molar-refractivity contribution in [2.24, 2.45) is 5.92 Å². The van der Waals surface area contributed by atoms with Gasteiger partial charge in [0.25, 0.3) is 0 Å². The van der Waals surface area contributed by atoms with E-state index in [0.29, 0.717) is 11.5 Å². The summed E-state index contributed by atoms with van der Waals surface area (Å²) in [4.78, 5) is 27.1. The molecule has 0 N–H and O–H groups in total. The van der Waals surface area contributed by atoms with Crippen LogP contribution in [-0.2, 0) is 14.3 Å². The van der Waals surface area contributed by atoms with Crippen LogP contribution in [0.5, 0.6) is 11.5 Å². The summed E-state index contributed by atoms with van der Waals surface area (Å²) in [5, 5.41) is 0. The van der Waals surface area contributed by atoms with Crippen LogP contribution >= 0.6 is 0 Å². The third-order valence-corrected chi connectivity index (χ3v) is 4.70. The highest BCUT2D eigenvalue weighted by Gasteiger charge is 2.46. The van der Waals surface area contributed by atoms with E-state index in [1.165, 1.54) is 0 Å². The molecule has 1 heterocycles. The van der Waals surface area contributed by atoms with Crippen molar-refractivity contribution in [1.82, 2.24) is 0 Å². The van der Waals surface area contributed by atoms with E-state index < -0.39 is 12.0 Å². The zero-order valence-corrected chi connectivity index (χ0v) is 15.7. The highest BCUT2D eigenvalue weighted by Crippen LogP contribution is 2.43. The molecule has 1 fully saturated rings. The molecule has 1 aliphatic heterocycles. The average molecular weight is 369 g/mol. The first-order valence-electron chi connectivity index (χ1n) is 8.86. The minimum absolute atomic E-state index is 0.104. The maximum absolute atomic E-state index is 12.8. The number of hydrogen-bond acceptors (Lipinski definition) is 5. The van der Waals surface area contributed by atoms with Gasteiger partial charge in [-0.15, -0.1) is 0 Å². The lowest BCUT2D eigenvalue weighted by atomic mass is 9.93. The summed E-state index contributed by atoms with van der Waals surface area (Å²) in [5.74, 6) is 0.0633. The van der Waals surface area contributed by atoms with Crippen molar-refractivity contribution >= 4 is 17.6 Å². The first-order valence-corrected chi connectivity index (χ1v) is 8.86. The predicted molar refractivity (Wildman–Crippen MR) is 101 cm³/mol. The van der Waals surface area contributed by atoms with Crippen LogP contribution in [0.4, 0.5) is 5.69 Å². The van der Waals surface area contributed by atoms with Gasteiger partial charge in [0.05, 0.1) is 32.8 Å². The van der Waals surface area contributed by atoms with Crippen LogP contribution in [0.3, 0.4) is 0 Å². The van der Waals surface area contributed by atoms with E-state index in [2.05, 4.69) is 0 Å². The number of benzene rings is 2. The van der Waals surface area contributed by atoms with Crippen LogP contribution < -0.4 is 14.4 Å². The Morgan fingerprint density at radius 1 is 1.07 bits per heavy atom. The molecule has 0 bridgehead atoms. The van der Waals surface area contributed by atoms with E-state index in [9.17, 15) is 9.59 Å². The number of carbonyl (C=O) groups is 2. The summed E-state index contributed by atoms with van der Waals surface area (Å²) >= 11 is 0. The van der Waals surface area contributed by atoms with Gasteiger partial charge in [-0.25, -0.2) is 0 Å². The summed E-state index contributed by atoms with van der Waals surface area (Å²) in [6.45, 7) is 2.03. The molecule has 2 aromatic carbocycles. The van der Waals surface area contributed by atoms with Crippen LogP contribution in [0.2, 0.25) is 0 Å². The Labute approximate surface area is 158 Å². The fourth-order valence-corrected chi connectivity index (χ4v) is 3.51. The van der Waals surface area contributed by atoms with Gasteiger partial charge in [-0.1, -0.05) is 24.3 Å². The van der Waals surface area contributed by atoms with Gasteiger partial charge in [0.2, 0.25) is 5.91 Å². The Bertz CT molecular complexity index is 821. The van der Waals surface area contributed by atoms with Crippen LogP contribution in [0.25, 0.3) is 0 Å². The van der Waals surface area contributed by atoms with Crippen LogP contribution in [0, 0.1) is 5.92 Å². The van der Waals surface area contributed by atoms with Crippen molar-refractivity contribution < 1.29 is 23.8 Å². The van der Waals surface area contributed by atoms with E-state index in [1.54, 1.807) is 32.1 Å². The molecule has 142 valence electrons. The summed E-state index contributed by atoms with van der Waals surface area (Å²) in [5.41, 5.74) is 1.54. The molecule has 1 saturated heterocycles. The van der Waals surface area contributed by atoms with Gasteiger partial charge in [-0.2, -0.15) is 0 Å². The minimum atomic E-state index is -0.587. The summed E-state index contributed by atoms with van der Waals surface area (Å²) < 4.78 is 15.9. The molecule has 0 spiro atoms. The fourth-order valence-electron chi connectivity index (χ4n) is 3.51. The lowest BCUT2D eigenvalue weighted by Crippen LogP contribution is -2.31. The SMILES string of the molecule is CCOC(=O)[C@@H]1CC(=O)N(c2ccccc2)[C@H]1c1ccc(OC)c(OC)c1. The number of nitrogens with zero attached hydrogens (tertiary/aromatic N) is 1. The third-order valence-electron chi connectivity index (χ3n) is 4.70. The summed E-state index contributed by atoms with van der Waals surface area (Å²) in [6, 6.07) is 14.3. The number of ether oxygens (including phenoxy) is 3. The standard InChI is InChI=1S/C21H23NO5/c1-4-27-21(24)16-13-19(23)22(15-8-6-5-7-9-15)20(16)14-10-11-17(25-2)18(12-14)26-3/h5-12,16,20H,4,13H2,1-3H3/t16-,20+/m1/s1. The largest absolute Gasteiger partial charge is 0.493 e. The summed E-state index contributed by atoms with van der Waals surface area (Å²) in [7, 11) is 3.12. The van der Waals surface area contributed by atoms with Crippen molar-refractivity contribution in [3.8, 4) is 11.5 Å². The van der Waals surface area contributed by atoms with Gasteiger partial charge in [0.15, 0.2) is 11.5 Å². The molecule has 1 amide bonds. The molecule has 27 heavy (non-hydrogen) atoms. The van der Waals surface area contributed by atoms with Crippen molar-refractivity contribution in [3.63, 3.8) is 0 Å². The summed E-state index contributed by atoms with van der Waals surface area (Å²) in [6.07, 6.45) is 0.104. The second-order valence-electron chi connectivity index (χ2n) is 6.22. The lowest BCUT2D eigenvalue weighted by Gasteiger charge is -2.28. The Morgan fingerprint density at radius 2 is 1.78 bits per heavy atom. The number of amides is 1. The van der Waals surface area contributed by atoms with Gasteiger partial charge in [-0.05, 0) is 36.8 Å². The van der Waals surface area contributed by atoms with E-state index in [0.717, 1.165) is 11.3 Å². The molecule has 0 radical (unpaired) electrons. The monoisotopic (exact) mass is 369 g/mol. The number of para-hydroxylation sites is 1. The predicted octanol–water partition coefficient (Wildman–Crippen LogP) is 3.36. The molecule has 2 aromatic rings. The molecule has 0 aromatic heterocycles. The van der Waals surface area contributed by atoms with E-state index in [1.807, 2.05) is 42.5 Å². The highest BCUT2D eigenvalue weighted by molar-refractivity contribution is 6.00. The fraction of sp³-hybridized carbons (Fsp3) is 0.333. The number of esters is 1. The van der Waals surface area contributed by atoms with Crippen molar-refractivity contribution in [3.05, 3.63) is 54.1 Å². The molecule has 0 saturated carbocycles. The molecule has 0 unspecified atom stereocenters.